The van der Waals surface area contributed by atoms with Crippen molar-refractivity contribution in [2.75, 3.05) is 0 Å². The second-order valence-electron chi connectivity index (χ2n) is 4.21. The summed E-state index contributed by atoms with van der Waals surface area (Å²) < 4.78 is 10.3. The third-order valence-corrected chi connectivity index (χ3v) is 3.59. The van der Waals surface area contributed by atoms with Gasteiger partial charge in [-0.15, -0.1) is 11.3 Å². The number of carbonyl (C=O) groups excluding carboxylic acids is 1. The van der Waals surface area contributed by atoms with E-state index in [4.69, 9.17) is 9.26 Å². The number of nitrogens with zero attached hydrogens (tertiary/aromatic N) is 1. The zero-order valence-corrected chi connectivity index (χ0v) is 11.8. The first-order valence-electron chi connectivity index (χ1n) is 6.31. The van der Waals surface area contributed by atoms with Gasteiger partial charge in [0.05, 0.1) is 11.4 Å². The molecule has 0 saturated heterocycles. The van der Waals surface area contributed by atoms with Gasteiger partial charge in [-0.25, -0.2) is 4.79 Å². The molecular weight excluding hydrogens is 288 g/mol. The fraction of sp³-hybridized carbons (Fsp3) is 0.0667. The molecule has 0 aliphatic rings. The number of ether oxygens (including phenoxy) is 1. The highest BCUT2D eigenvalue weighted by atomic mass is 32.1. The van der Waals surface area contributed by atoms with Crippen LogP contribution in [0.5, 0.6) is 5.75 Å². The number of para-hydroxylation sites is 1. The topological polar surface area (TPSA) is 64.4 Å². The summed E-state index contributed by atoms with van der Waals surface area (Å²) in [4.78, 5) is 12.7. The van der Waals surface area contributed by atoms with E-state index in [1.165, 1.54) is 0 Å². The monoisotopic (exact) mass is 300 g/mol. The number of amides is 1. The number of thiophene rings is 1. The third kappa shape index (κ3) is 3.49. The maximum Gasteiger partial charge on any atom is 0.412 e. The van der Waals surface area contributed by atoms with Crippen LogP contribution in [0.25, 0.3) is 10.6 Å². The molecule has 0 unspecified atom stereocenters. The van der Waals surface area contributed by atoms with Gasteiger partial charge in [-0.3, -0.25) is 0 Å². The molecule has 106 valence electrons. The zero-order chi connectivity index (χ0) is 14.5. The summed E-state index contributed by atoms with van der Waals surface area (Å²) in [7, 11) is 0. The Kier molecular flexibility index (Phi) is 3.97. The largest absolute Gasteiger partial charge is 0.412 e. The third-order valence-electron chi connectivity index (χ3n) is 2.69. The van der Waals surface area contributed by atoms with Crippen molar-refractivity contribution in [1.82, 2.24) is 10.5 Å². The Bertz CT molecular complexity index is 708. The van der Waals surface area contributed by atoms with E-state index in [2.05, 4.69) is 10.5 Å². The van der Waals surface area contributed by atoms with Crippen molar-refractivity contribution in [2.45, 2.75) is 6.54 Å². The number of hydrogen-bond donors (Lipinski definition) is 1. The summed E-state index contributed by atoms with van der Waals surface area (Å²) in [5.74, 6) is 1.07. The van der Waals surface area contributed by atoms with Gasteiger partial charge in [-0.2, -0.15) is 0 Å². The molecule has 2 aromatic heterocycles. The van der Waals surface area contributed by atoms with Gasteiger partial charge in [0.15, 0.2) is 5.76 Å². The fourth-order valence-electron chi connectivity index (χ4n) is 1.73. The van der Waals surface area contributed by atoms with E-state index in [-0.39, 0.29) is 6.54 Å². The van der Waals surface area contributed by atoms with E-state index in [1.807, 2.05) is 23.6 Å². The number of rotatable bonds is 4. The first-order chi connectivity index (χ1) is 10.3. The first-order valence-corrected chi connectivity index (χ1v) is 7.19. The van der Waals surface area contributed by atoms with Crippen LogP contribution in [0.1, 0.15) is 5.76 Å². The van der Waals surface area contributed by atoms with Crippen LogP contribution < -0.4 is 10.1 Å². The molecule has 3 aromatic rings. The first kappa shape index (κ1) is 13.4. The molecule has 21 heavy (non-hydrogen) atoms. The van der Waals surface area contributed by atoms with Crippen molar-refractivity contribution in [3.63, 3.8) is 0 Å². The van der Waals surface area contributed by atoms with Crippen LogP contribution in [0.3, 0.4) is 0 Å². The molecule has 1 aromatic carbocycles. The van der Waals surface area contributed by atoms with Crippen LogP contribution in [0.15, 0.2) is 58.4 Å². The van der Waals surface area contributed by atoms with Gasteiger partial charge in [0.1, 0.15) is 11.4 Å². The van der Waals surface area contributed by atoms with E-state index in [0.29, 0.717) is 11.5 Å². The highest BCUT2D eigenvalue weighted by molar-refractivity contribution is 7.13. The van der Waals surface area contributed by atoms with Crippen LogP contribution in [-0.4, -0.2) is 11.2 Å². The zero-order valence-electron chi connectivity index (χ0n) is 11.0. The van der Waals surface area contributed by atoms with Crippen molar-refractivity contribution in [2.24, 2.45) is 0 Å². The number of nitrogens with one attached hydrogen (secondary N) is 1. The highest BCUT2D eigenvalue weighted by Gasteiger charge is 2.09. The van der Waals surface area contributed by atoms with Gasteiger partial charge in [0.25, 0.3) is 0 Å². The molecule has 2 heterocycles. The average molecular weight is 300 g/mol. The predicted molar refractivity (Wildman–Crippen MR) is 79.1 cm³/mol. The average Bonchev–Trinajstić information content (AvgIpc) is 3.17. The Morgan fingerprint density at radius 2 is 2.10 bits per heavy atom. The highest BCUT2D eigenvalue weighted by Crippen LogP contribution is 2.23. The Balaban J connectivity index is 1.54. The summed E-state index contributed by atoms with van der Waals surface area (Å²) >= 11 is 1.58. The quantitative estimate of drug-likeness (QED) is 0.798. The number of carbonyl (C=O) groups is 1. The van der Waals surface area contributed by atoms with Crippen molar-refractivity contribution < 1.29 is 14.1 Å². The Morgan fingerprint density at radius 1 is 1.24 bits per heavy atom. The van der Waals surface area contributed by atoms with Gasteiger partial charge in [0.2, 0.25) is 0 Å². The number of aromatic nitrogens is 1. The molecule has 0 spiro atoms. The second kappa shape index (κ2) is 6.23. The predicted octanol–water partition coefficient (Wildman–Crippen LogP) is 3.69. The molecule has 0 aliphatic carbocycles. The van der Waals surface area contributed by atoms with Crippen molar-refractivity contribution in [3.05, 3.63) is 59.7 Å². The molecule has 5 nitrogen and oxygen atoms in total. The van der Waals surface area contributed by atoms with Gasteiger partial charge in [-0.1, -0.05) is 29.4 Å². The molecule has 0 saturated carbocycles. The lowest BCUT2D eigenvalue weighted by Gasteiger charge is -2.04. The van der Waals surface area contributed by atoms with Gasteiger partial charge < -0.3 is 14.6 Å². The van der Waals surface area contributed by atoms with E-state index in [9.17, 15) is 4.79 Å². The lowest BCUT2D eigenvalue weighted by Crippen LogP contribution is -2.26. The van der Waals surface area contributed by atoms with Crippen molar-refractivity contribution in [3.8, 4) is 16.3 Å². The molecular formula is C15H12N2O3S. The lowest BCUT2D eigenvalue weighted by atomic mass is 10.3. The van der Waals surface area contributed by atoms with E-state index >= 15 is 0 Å². The minimum atomic E-state index is -0.532. The SMILES string of the molecule is O=C(NCc1cc(-c2cccs2)no1)Oc1ccccc1. The minimum Gasteiger partial charge on any atom is -0.410 e. The molecule has 0 aliphatic heterocycles. The van der Waals surface area contributed by atoms with Crippen molar-refractivity contribution in [1.29, 1.82) is 0 Å². The Morgan fingerprint density at radius 3 is 2.86 bits per heavy atom. The van der Waals surface area contributed by atoms with Crippen LogP contribution >= 0.6 is 11.3 Å². The smallest absolute Gasteiger partial charge is 0.410 e. The second-order valence-corrected chi connectivity index (χ2v) is 5.16. The summed E-state index contributed by atoms with van der Waals surface area (Å²) in [6.45, 7) is 0.226. The van der Waals surface area contributed by atoms with Gasteiger partial charge in [0, 0.05) is 6.07 Å². The molecule has 1 amide bonds. The maximum atomic E-state index is 11.6. The number of hydrogen-bond acceptors (Lipinski definition) is 5. The Labute approximate surface area is 125 Å². The molecule has 0 atom stereocenters. The van der Waals surface area contributed by atoms with Gasteiger partial charge >= 0.3 is 6.09 Å². The van der Waals surface area contributed by atoms with Crippen LogP contribution in [0.4, 0.5) is 4.79 Å². The molecule has 6 heteroatoms. The molecule has 0 fully saturated rings. The van der Waals surface area contributed by atoms with E-state index in [0.717, 1.165) is 10.6 Å². The summed E-state index contributed by atoms with van der Waals surface area (Å²) in [5, 5.41) is 8.55. The lowest BCUT2D eigenvalue weighted by molar-refractivity contribution is 0.198. The standard InChI is InChI=1S/C15H12N2O3S/c18-15(19-11-5-2-1-3-6-11)16-10-12-9-13(17-20-12)14-7-4-8-21-14/h1-9H,10H2,(H,16,18). The minimum absolute atomic E-state index is 0.226. The van der Waals surface area contributed by atoms with E-state index in [1.54, 1.807) is 41.7 Å². The van der Waals surface area contributed by atoms with Crippen LogP contribution in [0.2, 0.25) is 0 Å². The normalized spacial score (nSPS) is 10.3. The summed E-state index contributed by atoms with van der Waals surface area (Å²) in [5.41, 5.74) is 0.762. The number of benzene rings is 1. The maximum absolute atomic E-state index is 11.6. The Hall–Kier alpha value is -2.60. The fourth-order valence-corrected chi connectivity index (χ4v) is 2.41. The molecule has 1 N–H and O–H groups in total. The van der Waals surface area contributed by atoms with Gasteiger partial charge in [-0.05, 0) is 23.6 Å². The van der Waals surface area contributed by atoms with Crippen molar-refractivity contribution >= 4 is 17.4 Å². The molecule has 0 bridgehead atoms. The van der Waals surface area contributed by atoms with Crippen LogP contribution in [0, 0.1) is 0 Å². The molecule has 3 rings (SSSR count). The summed E-state index contributed by atoms with van der Waals surface area (Å²) in [6.07, 6.45) is -0.532. The summed E-state index contributed by atoms with van der Waals surface area (Å²) in [6, 6.07) is 14.6. The van der Waals surface area contributed by atoms with Crippen LogP contribution in [-0.2, 0) is 6.54 Å². The molecule has 0 radical (unpaired) electrons. The van der Waals surface area contributed by atoms with E-state index < -0.39 is 6.09 Å².